The van der Waals surface area contributed by atoms with Gasteiger partial charge >= 0.3 is 0 Å². The van der Waals surface area contributed by atoms with Gasteiger partial charge in [0, 0.05) is 64.5 Å². The van der Waals surface area contributed by atoms with E-state index >= 15 is 0 Å². The summed E-state index contributed by atoms with van der Waals surface area (Å²) in [5, 5.41) is 9.04. The van der Waals surface area contributed by atoms with E-state index in [0.717, 1.165) is 93.1 Å². The van der Waals surface area contributed by atoms with Gasteiger partial charge in [0.05, 0.1) is 21.4 Å². The summed E-state index contributed by atoms with van der Waals surface area (Å²) in [7, 11) is 0. The molecule has 0 atom stereocenters. The highest BCUT2D eigenvalue weighted by Gasteiger charge is 2.21. The second kappa shape index (κ2) is 13.6. The second-order valence-corrected chi connectivity index (χ2v) is 17.3. The predicted octanol–water partition coefficient (Wildman–Crippen LogP) is 15.8. The molecular weight excluding hydrogens is 805 g/mol. The van der Waals surface area contributed by atoms with E-state index in [2.05, 4.69) is 120 Å². The highest BCUT2D eigenvalue weighted by molar-refractivity contribution is 7.26. The van der Waals surface area contributed by atoms with Crippen molar-refractivity contribution in [3.63, 3.8) is 0 Å². The Bertz CT molecular complexity index is 4140. The third-order valence-corrected chi connectivity index (χ3v) is 13.9. The van der Waals surface area contributed by atoms with Gasteiger partial charge in [-0.05, 0) is 71.8 Å². The first-order chi connectivity index (χ1) is 31.7. The number of thiophene rings is 1. The quantitative estimate of drug-likeness (QED) is 0.173. The molecule has 0 spiro atoms. The van der Waals surface area contributed by atoms with E-state index < -0.39 is 0 Å². The van der Waals surface area contributed by atoms with Crippen molar-refractivity contribution in [2.45, 2.75) is 0 Å². The van der Waals surface area contributed by atoms with E-state index in [1.165, 1.54) is 26.2 Å². The highest BCUT2D eigenvalue weighted by Crippen LogP contribution is 2.45. The number of hydrogen-bond acceptors (Lipinski definition) is 6. The fourth-order valence-electron chi connectivity index (χ4n) is 9.67. The number of rotatable bonds is 5. The third kappa shape index (κ3) is 5.28. The molecule has 0 saturated heterocycles. The van der Waals surface area contributed by atoms with Gasteiger partial charge in [0.1, 0.15) is 22.3 Å². The lowest BCUT2D eigenvalue weighted by molar-refractivity contribution is 0.664. The summed E-state index contributed by atoms with van der Waals surface area (Å²) in [6.45, 7) is 0. The van der Waals surface area contributed by atoms with Crippen LogP contribution in [0.3, 0.4) is 0 Å². The Morgan fingerprint density at radius 3 is 1.61 bits per heavy atom. The molecule has 64 heavy (non-hydrogen) atoms. The second-order valence-electron chi connectivity index (χ2n) is 16.3. The lowest BCUT2D eigenvalue weighted by atomic mass is 10.0. The first-order valence-corrected chi connectivity index (χ1v) is 22.1. The molecule has 0 aliphatic heterocycles. The Hall–Kier alpha value is -8.39. The van der Waals surface area contributed by atoms with Crippen LogP contribution in [-0.2, 0) is 0 Å². The minimum Gasteiger partial charge on any atom is -0.456 e. The lowest BCUT2D eigenvalue weighted by Gasteiger charge is -2.10. The summed E-state index contributed by atoms with van der Waals surface area (Å²) in [4.78, 5) is 15.2. The van der Waals surface area contributed by atoms with E-state index in [1.54, 1.807) is 11.3 Å². The number of benzene rings is 9. The van der Waals surface area contributed by atoms with Crippen molar-refractivity contribution >= 4 is 97.2 Å². The van der Waals surface area contributed by atoms with Crippen molar-refractivity contribution in [2.24, 2.45) is 0 Å². The Morgan fingerprint density at radius 2 is 0.859 bits per heavy atom. The maximum absolute atomic E-state index is 6.43. The van der Waals surface area contributed by atoms with Crippen LogP contribution in [0.4, 0.5) is 0 Å². The molecule has 0 bridgehead atoms. The number of para-hydroxylation sites is 2. The molecule has 6 nitrogen and oxygen atoms in total. The van der Waals surface area contributed by atoms with E-state index in [-0.39, 0.29) is 0 Å². The van der Waals surface area contributed by atoms with Crippen LogP contribution < -0.4 is 0 Å². The Labute approximate surface area is 368 Å². The number of fused-ring (bicyclic) bond motifs is 12. The smallest absolute Gasteiger partial charge is 0.165 e. The average molecular weight is 837 g/mol. The van der Waals surface area contributed by atoms with Crippen molar-refractivity contribution in [3.05, 3.63) is 194 Å². The van der Waals surface area contributed by atoms with Gasteiger partial charge in [-0.3, -0.25) is 0 Å². The van der Waals surface area contributed by atoms with Gasteiger partial charge in [-0.25, -0.2) is 15.0 Å². The minimum atomic E-state index is 0.648. The van der Waals surface area contributed by atoms with Crippen LogP contribution in [0.15, 0.2) is 203 Å². The lowest BCUT2D eigenvalue weighted by Crippen LogP contribution is -2.00. The van der Waals surface area contributed by atoms with E-state index in [1.807, 2.05) is 78.9 Å². The molecule has 0 aliphatic rings. The van der Waals surface area contributed by atoms with Gasteiger partial charge < -0.3 is 13.4 Å². The molecule has 7 heteroatoms. The molecule has 0 aliphatic carbocycles. The standard InChI is InChI=1S/C57H32N4O2S/c1-3-13-33(14-4-1)55-58-56(34-15-5-2-6-16-34)60-57(59-55)41-21-11-19-39-40-20-12-23-48(54(40)64-53(39)41)61-46-22-9-7-17-37(46)42-29-35(25-27-47(42)61)36-26-28-50-43(30-36)45-32-51-44(31-52(45)63-50)38-18-8-10-24-49(38)62-51/h1-32H. The topological polar surface area (TPSA) is 69.9 Å². The van der Waals surface area contributed by atoms with Gasteiger partial charge in [-0.2, -0.15) is 0 Å². The van der Waals surface area contributed by atoms with Crippen LogP contribution in [-0.4, -0.2) is 19.5 Å². The van der Waals surface area contributed by atoms with Gasteiger partial charge in [0.15, 0.2) is 17.5 Å². The first-order valence-electron chi connectivity index (χ1n) is 21.3. The van der Waals surface area contributed by atoms with Gasteiger partial charge in [0.25, 0.3) is 0 Å². The summed E-state index contributed by atoms with van der Waals surface area (Å²) in [6, 6.07) is 68.0. The zero-order valence-electron chi connectivity index (χ0n) is 34.0. The monoisotopic (exact) mass is 836 g/mol. The number of nitrogens with zero attached hydrogens (tertiary/aromatic N) is 4. The van der Waals surface area contributed by atoms with Crippen molar-refractivity contribution in [3.8, 4) is 51.0 Å². The summed E-state index contributed by atoms with van der Waals surface area (Å²) in [5.74, 6) is 1.95. The van der Waals surface area contributed by atoms with E-state index in [4.69, 9.17) is 23.8 Å². The van der Waals surface area contributed by atoms with Crippen LogP contribution >= 0.6 is 11.3 Å². The van der Waals surface area contributed by atoms with Crippen molar-refractivity contribution < 1.29 is 8.83 Å². The fourth-order valence-corrected chi connectivity index (χ4v) is 11.0. The van der Waals surface area contributed by atoms with Gasteiger partial charge in [-0.15, -0.1) is 11.3 Å². The molecule has 5 aromatic heterocycles. The molecule has 0 saturated carbocycles. The number of furan rings is 2. The molecule has 0 amide bonds. The maximum atomic E-state index is 6.43. The molecule has 0 radical (unpaired) electrons. The number of hydrogen-bond donors (Lipinski definition) is 0. The van der Waals surface area contributed by atoms with Crippen molar-refractivity contribution in [1.82, 2.24) is 19.5 Å². The minimum absolute atomic E-state index is 0.648. The Morgan fingerprint density at radius 1 is 0.328 bits per heavy atom. The molecular formula is C57H32N4O2S. The first kappa shape index (κ1) is 35.2. The molecule has 9 aromatic carbocycles. The van der Waals surface area contributed by atoms with E-state index in [9.17, 15) is 0 Å². The predicted molar refractivity (Wildman–Crippen MR) is 263 cm³/mol. The summed E-state index contributed by atoms with van der Waals surface area (Å²) < 4.78 is 17.5. The van der Waals surface area contributed by atoms with Gasteiger partial charge in [0.2, 0.25) is 0 Å². The highest BCUT2D eigenvalue weighted by atomic mass is 32.1. The van der Waals surface area contributed by atoms with E-state index in [0.29, 0.717) is 17.5 Å². The zero-order chi connectivity index (χ0) is 41.9. The van der Waals surface area contributed by atoms with Crippen LogP contribution in [0, 0.1) is 0 Å². The van der Waals surface area contributed by atoms with Crippen LogP contribution in [0.2, 0.25) is 0 Å². The number of aromatic nitrogens is 4. The van der Waals surface area contributed by atoms with Crippen LogP contribution in [0.25, 0.3) is 137 Å². The normalized spacial score (nSPS) is 12.1. The molecule has 0 fully saturated rings. The Balaban J connectivity index is 0.926. The molecule has 0 N–H and O–H groups in total. The average Bonchev–Trinajstić information content (AvgIpc) is 4.12. The van der Waals surface area contributed by atoms with Crippen molar-refractivity contribution in [2.75, 3.05) is 0 Å². The third-order valence-electron chi connectivity index (χ3n) is 12.7. The maximum Gasteiger partial charge on any atom is 0.165 e. The molecule has 14 rings (SSSR count). The summed E-state index contributed by atoms with van der Waals surface area (Å²) in [5.41, 5.74) is 12.0. The van der Waals surface area contributed by atoms with Crippen molar-refractivity contribution in [1.29, 1.82) is 0 Å². The van der Waals surface area contributed by atoms with Crippen LogP contribution in [0.5, 0.6) is 0 Å². The SMILES string of the molecule is c1ccc(-c2nc(-c3ccccc3)nc(-c3cccc4c3sc3c(-n5c6ccccc6c6cc(-c7ccc8oc9cc%10c(cc9c8c7)oc7ccccc7%10)ccc65)cccc34)n2)cc1. The molecule has 14 aromatic rings. The summed E-state index contributed by atoms with van der Waals surface area (Å²) in [6.07, 6.45) is 0. The molecule has 5 heterocycles. The van der Waals surface area contributed by atoms with Crippen LogP contribution in [0.1, 0.15) is 0 Å². The largest absolute Gasteiger partial charge is 0.456 e. The molecule has 0 unspecified atom stereocenters. The zero-order valence-corrected chi connectivity index (χ0v) is 34.8. The van der Waals surface area contributed by atoms with Gasteiger partial charge in [-0.1, -0.05) is 133 Å². The molecule has 298 valence electrons. The Kier molecular flexibility index (Phi) is 7.46. The fraction of sp³-hybridized carbons (Fsp3) is 0. The summed E-state index contributed by atoms with van der Waals surface area (Å²) >= 11 is 1.80.